The van der Waals surface area contributed by atoms with Crippen LogP contribution < -0.4 is 10.1 Å². The van der Waals surface area contributed by atoms with E-state index in [1.807, 2.05) is 6.82 Å². The number of morpholine rings is 1. The van der Waals surface area contributed by atoms with Crippen LogP contribution in [0.3, 0.4) is 0 Å². The van der Waals surface area contributed by atoms with E-state index in [1.54, 1.807) is 6.07 Å². The molecule has 0 aromatic carbocycles. The number of piperidine rings is 1. The Bertz CT molecular complexity index is 570. The lowest BCUT2D eigenvalue weighted by Gasteiger charge is -2.49. The van der Waals surface area contributed by atoms with Crippen molar-refractivity contribution in [3.63, 3.8) is 0 Å². The number of nitrogens with one attached hydrogen (secondary N) is 1. The molecule has 3 rings (SSSR count). The van der Waals surface area contributed by atoms with E-state index in [0.29, 0.717) is 31.6 Å². The normalized spacial score (nSPS) is 26.5. The largest absolute Gasteiger partial charge is 0.490 e. The summed E-state index contributed by atoms with van der Waals surface area (Å²) in [6.07, 6.45) is 2.81. The quantitative estimate of drug-likeness (QED) is 0.540. The highest BCUT2D eigenvalue weighted by Gasteiger charge is 2.41. The minimum atomic E-state index is -0.418. The molecule has 3 heterocycles. The van der Waals surface area contributed by atoms with Gasteiger partial charge in [0.2, 0.25) is 0 Å². The van der Waals surface area contributed by atoms with Gasteiger partial charge in [-0.05, 0) is 32.6 Å². The van der Waals surface area contributed by atoms with Crippen LogP contribution in [0.15, 0.2) is 6.07 Å². The molecule has 0 saturated carbocycles. The van der Waals surface area contributed by atoms with Crippen LogP contribution in [0.4, 0.5) is 0 Å². The summed E-state index contributed by atoms with van der Waals surface area (Å²) in [4.78, 5) is 2.19. The first-order chi connectivity index (χ1) is 12.0. The summed E-state index contributed by atoms with van der Waals surface area (Å²) in [6.45, 7) is 4.59. The molecule has 0 radical (unpaired) electrons. The van der Waals surface area contributed by atoms with Gasteiger partial charge in [0.05, 0.1) is 19.8 Å². The van der Waals surface area contributed by atoms with Crippen LogP contribution in [0, 0.1) is 0 Å². The van der Waals surface area contributed by atoms with Crippen molar-refractivity contribution < 1.29 is 14.5 Å². The van der Waals surface area contributed by atoms with E-state index in [-0.39, 0.29) is 22.4 Å². The van der Waals surface area contributed by atoms with Gasteiger partial charge < -0.3 is 24.6 Å². The summed E-state index contributed by atoms with van der Waals surface area (Å²) in [5.41, 5.74) is 0. The molecule has 2 bridgehead atoms. The maximum absolute atomic E-state index is 9.97. The molecular formula is C15H23BCl2N4O3. The highest BCUT2D eigenvalue weighted by molar-refractivity contribution is 6.45. The van der Waals surface area contributed by atoms with Gasteiger partial charge in [0.1, 0.15) is 0 Å². The summed E-state index contributed by atoms with van der Waals surface area (Å²) in [5, 5.41) is 21.4. The maximum Gasteiger partial charge on any atom is 0.377 e. The molecule has 0 amide bonds. The van der Waals surface area contributed by atoms with Crippen molar-refractivity contribution in [3.05, 3.63) is 16.4 Å². The maximum atomic E-state index is 9.97. The van der Waals surface area contributed by atoms with Gasteiger partial charge in [-0.3, -0.25) is 0 Å². The molecule has 2 aliphatic rings. The molecule has 0 aliphatic carbocycles. The smallest absolute Gasteiger partial charge is 0.377 e. The van der Waals surface area contributed by atoms with Crippen molar-refractivity contribution >= 4 is 30.3 Å². The van der Waals surface area contributed by atoms with E-state index >= 15 is 0 Å². The van der Waals surface area contributed by atoms with Gasteiger partial charge >= 0.3 is 7.05 Å². The van der Waals surface area contributed by atoms with Crippen molar-refractivity contribution in [2.24, 2.45) is 0 Å². The molecule has 2 N–H and O–H groups in total. The number of nitrogens with zero attached hydrogens (tertiary/aromatic N) is 3. The third-order valence-electron chi connectivity index (χ3n) is 4.71. The zero-order valence-corrected chi connectivity index (χ0v) is 15.7. The van der Waals surface area contributed by atoms with Gasteiger partial charge in [0, 0.05) is 24.2 Å². The SMILES string of the molecule is CB(O)N1C2COC[C@H]1C[C@H](NCCCOc1cc(Cl)nnc1Cl)C2. The topological polar surface area (TPSA) is 79.7 Å². The van der Waals surface area contributed by atoms with Gasteiger partial charge in [-0.1, -0.05) is 23.2 Å². The fourth-order valence-corrected chi connectivity index (χ4v) is 4.00. The van der Waals surface area contributed by atoms with E-state index in [2.05, 4.69) is 20.3 Å². The van der Waals surface area contributed by atoms with Crippen LogP contribution in [-0.4, -0.2) is 71.6 Å². The van der Waals surface area contributed by atoms with Gasteiger partial charge in [-0.2, -0.15) is 0 Å². The first kappa shape index (κ1) is 19.1. The lowest BCUT2D eigenvalue weighted by molar-refractivity contribution is -0.0472. The van der Waals surface area contributed by atoms with Crippen LogP contribution >= 0.6 is 23.2 Å². The summed E-state index contributed by atoms with van der Waals surface area (Å²) in [5.74, 6) is 0.457. The Morgan fingerprint density at radius 2 is 2.08 bits per heavy atom. The molecule has 1 aromatic heterocycles. The predicted molar refractivity (Wildman–Crippen MR) is 97.3 cm³/mol. The lowest BCUT2D eigenvalue weighted by atomic mass is 9.75. The van der Waals surface area contributed by atoms with Crippen LogP contribution in [0.1, 0.15) is 19.3 Å². The monoisotopic (exact) mass is 388 g/mol. The fourth-order valence-electron chi connectivity index (χ4n) is 3.72. The van der Waals surface area contributed by atoms with Crippen LogP contribution in [0.25, 0.3) is 0 Å². The first-order valence-electron chi connectivity index (χ1n) is 8.62. The zero-order chi connectivity index (χ0) is 17.8. The number of ether oxygens (including phenoxy) is 2. The molecule has 10 heteroatoms. The molecule has 3 atom stereocenters. The van der Waals surface area contributed by atoms with E-state index in [4.69, 9.17) is 32.7 Å². The highest BCUT2D eigenvalue weighted by atomic mass is 35.5. The van der Waals surface area contributed by atoms with Gasteiger partial charge in [0.25, 0.3) is 0 Å². The van der Waals surface area contributed by atoms with Gasteiger partial charge in [-0.25, -0.2) is 0 Å². The second-order valence-corrected chi connectivity index (χ2v) is 7.32. The molecule has 2 aliphatic heterocycles. The Morgan fingerprint density at radius 3 is 2.76 bits per heavy atom. The summed E-state index contributed by atoms with van der Waals surface area (Å²) < 4.78 is 11.3. The molecule has 1 aromatic rings. The summed E-state index contributed by atoms with van der Waals surface area (Å²) >= 11 is 11.7. The van der Waals surface area contributed by atoms with E-state index in [1.165, 1.54) is 0 Å². The standard InChI is InChI=1S/C15H23BCl2N4O3/c1-16(23)22-11-5-10(6-12(22)9-24-8-11)19-3-2-4-25-13-7-14(17)20-21-15(13)18/h7,10-12,19,23H,2-6,8-9H2,1H3/t10-,11+,12?/m0/s1. The predicted octanol–water partition coefficient (Wildman–Crippen LogP) is 1.48. The Labute approximate surface area is 158 Å². The number of halogens is 2. The van der Waals surface area contributed by atoms with Gasteiger partial charge in [-0.15, -0.1) is 10.2 Å². The molecular weight excluding hydrogens is 366 g/mol. The van der Waals surface area contributed by atoms with Crippen molar-refractivity contribution in [1.82, 2.24) is 20.3 Å². The van der Waals surface area contributed by atoms with Gasteiger partial charge in [0.15, 0.2) is 16.1 Å². The fraction of sp³-hybridized carbons (Fsp3) is 0.733. The van der Waals surface area contributed by atoms with Crippen molar-refractivity contribution in [1.29, 1.82) is 0 Å². The Hall–Kier alpha value is -0.635. The molecule has 0 spiro atoms. The average molecular weight is 389 g/mol. The molecule has 138 valence electrons. The minimum absolute atomic E-state index is 0.218. The lowest BCUT2D eigenvalue weighted by Crippen LogP contribution is -2.64. The van der Waals surface area contributed by atoms with E-state index in [0.717, 1.165) is 25.8 Å². The number of hydrogen-bond acceptors (Lipinski definition) is 7. The zero-order valence-electron chi connectivity index (χ0n) is 14.2. The number of hydrogen-bond donors (Lipinski definition) is 2. The molecule has 25 heavy (non-hydrogen) atoms. The number of aromatic nitrogens is 2. The molecule has 7 nitrogen and oxygen atoms in total. The minimum Gasteiger partial charge on any atom is -0.490 e. The molecule has 2 saturated heterocycles. The second kappa shape index (κ2) is 8.84. The second-order valence-electron chi connectivity index (χ2n) is 6.57. The Kier molecular flexibility index (Phi) is 6.76. The summed E-state index contributed by atoms with van der Waals surface area (Å²) in [6, 6.07) is 2.57. The first-order valence-corrected chi connectivity index (χ1v) is 9.38. The Balaban J connectivity index is 1.39. The van der Waals surface area contributed by atoms with Crippen LogP contribution in [-0.2, 0) is 4.74 Å². The van der Waals surface area contributed by atoms with Crippen LogP contribution in [0.2, 0.25) is 17.1 Å². The van der Waals surface area contributed by atoms with E-state index in [9.17, 15) is 5.02 Å². The third-order valence-corrected chi connectivity index (χ3v) is 5.15. The van der Waals surface area contributed by atoms with Crippen LogP contribution in [0.5, 0.6) is 5.75 Å². The molecule has 2 fully saturated rings. The Morgan fingerprint density at radius 1 is 1.36 bits per heavy atom. The van der Waals surface area contributed by atoms with Crippen molar-refractivity contribution in [2.75, 3.05) is 26.4 Å². The van der Waals surface area contributed by atoms with E-state index < -0.39 is 7.05 Å². The third kappa shape index (κ3) is 4.96. The van der Waals surface area contributed by atoms with Crippen molar-refractivity contribution in [3.8, 4) is 5.75 Å². The summed E-state index contributed by atoms with van der Waals surface area (Å²) in [7, 11) is -0.418. The number of fused-ring (bicyclic) bond motifs is 2. The highest BCUT2D eigenvalue weighted by Crippen LogP contribution is 2.28. The average Bonchev–Trinajstić information content (AvgIpc) is 2.56. The van der Waals surface area contributed by atoms with Crippen molar-refractivity contribution in [2.45, 2.75) is 44.2 Å². The molecule has 1 unspecified atom stereocenters. The number of rotatable bonds is 7.